The van der Waals surface area contributed by atoms with Crippen LogP contribution in [0, 0.1) is 0 Å². The van der Waals surface area contributed by atoms with E-state index in [1.54, 1.807) is 0 Å². The van der Waals surface area contributed by atoms with E-state index in [9.17, 15) is 0 Å². The van der Waals surface area contributed by atoms with Gasteiger partial charge in [-0.25, -0.2) is 0 Å². The van der Waals surface area contributed by atoms with Gasteiger partial charge in [0.15, 0.2) is 0 Å². The van der Waals surface area contributed by atoms with Crippen molar-refractivity contribution in [3.8, 4) is 0 Å². The molecule has 0 aliphatic carbocycles. The molecule has 1 aliphatic rings. The van der Waals surface area contributed by atoms with E-state index in [2.05, 4.69) is 79.5 Å². The summed E-state index contributed by atoms with van der Waals surface area (Å²) in [7, 11) is 2.12. The number of likely N-dealkylation sites (N-methyl/N-ethyl adjacent to an activating group) is 1. The molecular formula is C17H18N2. The van der Waals surface area contributed by atoms with Crippen LogP contribution < -0.4 is 0 Å². The summed E-state index contributed by atoms with van der Waals surface area (Å²) in [5, 5.41) is 0. The Hall–Kier alpha value is -2.09. The summed E-state index contributed by atoms with van der Waals surface area (Å²) in [5.74, 6) is 1.10. The second-order valence-corrected chi connectivity index (χ2v) is 5.00. The molecule has 1 heterocycles. The Morgan fingerprint density at radius 2 is 1.37 bits per heavy atom. The first-order chi connectivity index (χ1) is 9.27. The molecule has 0 spiro atoms. The number of hydrogen-bond acceptors (Lipinski definition) is 2. The Morgan fingerprint density at radius 3 is 1.95 bits per heavy atom. The van der Waals surface area contributed by atoms with Gasteiger partial charge in [0.25, 0.3) is 0 Å². The minimum absolute atomic E-state index is 0.189. The molecule has 2 aromatic rings. The molecule has 0 saturated heterocycles. The molecule has 0 saturated carbocycles. The van der Waals surface area contributed by atoms with Gasteiger partial charge in [0.05, 0.1) is 11.9 Å². The number of benzene rings is 2. The molecule has 0 aromatic heterocycles. The Bertz CT molecular complexity index is 575. The lowest BCUT2D eigenvalue weighted by molar-refractivity contribution is 0.363. The molecule has 1 aliphatic heterocycles. The van der Waals surface area contributed by atoms with Gasteiger partial charge in [0.2, 0.25) is 0 Å². The van der Waals surface area contributed by atoms with Crippen molar-refractivity contribution >= 4 is 5.84 Å². The van der Waals surface area contributed by atoms with E-state index in [-0.39, 0.29) is 6.04 Å². The monoisotopic (exact) mass is 250 g/mol. The molecule has 2 nitrogen and oxygen atoms in total. The standard InChI is InChI=1S/C17H18N2/c1-13-18-16(14-9-5-3-6-10-14)17(19(13)2)15-11-7-4-8-12-15/h3-12,16-17H,1-2H3. The lowest BCUT2D eigenvalue weighted by Crippen LogP contribution is -2.25. The van der Waals surface area contributed by atoms with Crippen LogP contribution in [-0.2, 0) is 0 Å². The van der Waals surface area contributed by atoms with Gasteiger partial charge in [-0.3, -0.25) is 4.99 Å². The third kappa shape index (κ3) is 2.14. The number of nitrogens with zero attached hydrogens (tertiary/aromatic N) is 2. The second-order valence-electron chi connectivity index (χ2n) is 5.00. The highest BCUT2D eigenvalue weighted by atomic mass is 15.3. The molecule has 0 amide bonds. The Balaban J connectivity index is 2.02. The van der Waals surface area contributed by atoms with Crippen molar-refractivity contribution in [2.45, 2.75) is 19.0 Å². The summed E-state index contributed by atoms with van der Waals surface area (Å²) in [4.78, 5) is 7.11. The third-order valence-corrected chi connectivity index (χ3v) is 3.83. The van der Waals surface area contributed by atoms with Crippen LogP contribution in [0.4, 0.5) is 0 Å². The Morgan fingerprint density at radius 1 is 0.842 bits per heavy atom. The molecule has 2 atom stereocenters. The van der Waals surface area contributed by atoms with Crippen LogP contribution in [0.1, 0.15) is 30.1 Å². The number of hydrogen-bond donors (Lipinski definition) is 0. The summed E-state index contributed by atoms with van der Waals surface area (Å²) in [6.45, 7) is 2.08. The van der Waals surface area contributed by atoms with Crippen molar-refractivity contribution in [1.82, 2.24) is 4.90 Å². The van der Waals surface area contributed by atoms with Crippen LogP contribution >= 0.6 is 0 Å². The molecule has 2 unspecified atom stereocenters. The smallest absolute Gasteiger partial charge is 0.101 e. The van der Waals surface area contributed by atoms with E-state index in [4.69, 9.17) is 4.99 Å². The van der Waals surface area contributed by atoms with Gasteiger partial charge in [-0.1, -0.05) is 60.7 Å². The number of aliphatic imine (C=N–C) groups is 1. The highest BCUT2D eigenvalue weighted by Gasteiger charge is 2.33. The normalized spacial score (nSPS) is 22.4. The quantitative estimate of drug-likeness (QED) is 0.791. The minimum atomic E-state index is 0.189. The molecule has 2 heteroatoms. The Kier molecular flexibility index (Phi) is 3.08. The van der Waals surface area contributed by atoms with Crippen molar-refractivity contribution in [3.05, 3.63) is 71.8 Å². The van der Waals surface area contributed by atoms with Crippen LogP contribution in [0.15, 0.2) is 65.7 Å². The first-order valence-electron chi connectivity index (χ1n) is 6.64. The summed E-state index contributed by atoms with van der Waals surface area (Å²) in [5.41, 5.74) is 2.60. The zero-order valence-corrected chi connectivity index (χ0v) is 11.3. The fraction of sp³-hybridized carbons (Fsp3) is 0.235. The Labute approximate surface area is 114 Å². The van der Waals surface area contributed by atoms with Gasteiger partial charge in [0, 0.05) is 7.05 Å². The lowest BCUT2D eigenvalue weighted by Gasteiger charge is -2.26. The molecule has 0 N–H and O–H groups in total. The molecular weight excluding hydrogens is 232 g/mol. The highest BCUT2D eigenvalue weighted by molar-refractivity contribution is 5.82. The van der Waals surface area contributed by atoms with E-state index in [0.717, 1.165) is 5.84 Å². The topological polar surface area (TPSA) is 15.6 Å². The SMILES string of the molecule is CC1=NC(c2ccccc2)C(c2ccccc2)N1C. The molecule has 3 rings (SSSR count). The van der Waals surface area contributed by atoms with E-state index in [1.165, 1.54) is 11.1 Å². The number of amidine groups is 1. The van der Waals surface area contributed by atoms with Gasteiger partial charge in [-0.05, 0) is 18.1 Å². The van der Waals surface area contributed by atoms with Crippen LogP contribution in [0.5, 0.6) is 0 Å². The van der Waals surface area contributed by atoms with Crippen LogP contribution in [0.25, 0.3) is 0 Å². The van der Waals surface area contributed by atoms with Crippen molar-refractivity contribution in [2.75, 3.05) is 7.05 Å². The minimum Gasteiger partial charge on any atom is -0.354 e. The van der Waals surface area contributed by atoms with Gasteiger partial charge >= 0.3 is 0 Å². The zero-order valence-electron chi connectivity index (χ0n) is 11.3. The summed E-state index contributed by atoms with van der Waals surface area (Å²) >= 11 is 0. The van der Waals surface area contributed by atoms with E-state index in [1.807, 2.05) is 0 Å². The first kappa shape index (κ1) is 12.0. The van der Waals surface area contributed by atoms with Gasteiger partial charge in [0.1, 0.15) is 6.04 Å². The van der Waals surface area contributed by atoms with Crippen LogP contribution in [-0.4, -0.2) is 17.8 Å². The van der Waals surface area contributed by atoms with Gasteiger partial charge in [-0.2, -0.15) is 0 Å². The van der Waals surface area contributed by atoms with E-state index >= 15 is 0 Å². The second kappa shape index (κ2) is 4.88. The van der Waals surface area contributed by atoms with Crippen molar-refractivity contribution in [1.29, 1.82) is 0 Å². The molecule has 2 aromatic carbocycles. The zero-order chi connectivity index (χ0) is 13.2. The van der Waals surface area contributed by atoms with E-state index in [0.29, 0.717) is 6.04 Å². The summed E-state index contributed by atoms with van der Waals surface area (Å²) in [6.07, 6.45) is 0. The van der Waals surface area contributed by atoms with Gasteiger partial charge < -0.3 is 4.90 Å². The van der Waals surface area contributed by atoms with Crippen LogP contribution in [0.2, 0.25) is 0 Å². The molecule has 0 bridgehead atoms. The van der Waals surface area contributed by atoms with Crippen molar-refractivity contribution < 1.29 is 0 Å². The first-order valence-corrected chi connectivity index (χ1v) is 6.64. The fourth-order valence-corrected chi connectivity index (χ4v) is 2.74. The maximum absolute atomic E-state index is 4.84. The highest BCUT2D eigenvalue weighted by Crippen LogP contribution is 2.40. The maximum atomic E-state index is 4.84. The molecule has 0 fully saturated rings. The predicted molar refractivity (Wildman–Crippen MR) is 79.2 cm³/mol. The lowest BCUT2D eigenvalue weighted by atomic mass is 9.94. The largest absolute Gasteiger partial charge is 0.354 e. The fourth-order valence-electron chi connectivity index (χ4n) is 2.74. The summed E-state index contributed by atoms with van der Waals surface area (Å²) < 4.78 is 0. The third-order valence-electron chi connectivity index (χ3n) is 3.83. The molecule has 19 heavy (non-hydrogen) atoms. The average molecular weight is 250 g/mol. The average Bonchev–Trinajstić information content (AvgIpc) is 2.77. The van der Waals surface area contributed by atoms with Crippen LogP contribution in [0.3, 0.4) is 0 Å². The van der Waals surface area contributed by atoms with Crippen molar-refractivity contribution in [3.63, 3.8) is 0 Å². The molecule has 96 valence electrons. The predicted octanol–water partition coefficient (Wildman–Crippen LogP) is 3.83. The van der Waals surface area contributed by atoms with Crippen molar-refractivity contribution in [2.24, 2.45) is 4.99 Å². The van der Waals surface area contributed by atoms with E-state index < -0.39 is 0 Å². The molecule has 0 radical (unpaired) electrons. The maximum Gasteiger partial charge on any atom is 0.101 e. The summed E-state index contributed by atoms with van der Waals surface area (Å²) in [6, 6.07) is 21.7. The number of rotatable bonds is 2. The van der Waals surface area contributed by atoms with Gasteiger partial charge in [-0.15, -0.1) is 0 Å².